The average molecular weight is 315 g/mol. The van der Waals surface area contributed by atoms with Crippen LogP contribution < -0.4 is 5.73 Å². The number of amides is 1. The quantitative estimate of drug-likeness (QED) is 0.592. The smallest absolute Gasteiger partial charge is 0.259 e. The first-order chi connectivity index (χ1) is 11.5. The number of nitrogens with two attached hydrogens (primary N) is 1. The Hall–Kier alpha value is -3.32. The number of primary amides is 1. The number of carbonyl (C=O) groups excluding carboxylic acids is 1. The second-order valence-corrected chi connectivity index (χ2v) is 5.69. The predicted molar refractivity (Wildman–Crippen MR) is 95.5 cm³/mol. The summed E-state index contributed by atoms with van der Waals surface area (Å²) in [6.45, 7) is 3.97. The Morgan fingerprint density at radius 3 is 2.58 bits per heavy atom. The molecule has 0 atom stereocenters. The minimum atomic E-state index is -0.715. The summed E-state index contributed by atoms with van der Waals surface area (Å²) in [5.74, 6) is -0.715. The summed E-state index contributed by atoms with van der Waals surface area (Å²) in [4.78, 5) is 11.3. The standard InChI is InChI=1S/C20H17N3O/c1-13-10-16(11-17(12-21)20(22)24)14(2)23(13)19-9-5-7-15-6-3-4-8-18(15)19/h3-11H,1-2H3,(H2,22,24)/b17-11+. The van der Waals surface area contributed by atoms with Gasteiger partial charge in [-0.15, -0.1) is 0 Å². The van der Waals surface area contributed by atoms with Crippen LogP contribution in [0.5, 0.6) is 0 Å². The Labute approximate surface area is 140 Å². The number of hydrogen-bond donors (Lipinski definition) is 1. The molecule has 0 aliphatic heterocycles. The zero-order valence-corrected chi connectivity index (χ0v) is 13.6. The van der Waals surface area contributed by atoms with Crippen molar-refractivity contribution in [1.82, 2.24) is 4.57 Å². The number of aromatic nitrogens is 1. The summed E-state index contributed by atoms with van der Waals surface area (Å²) < 4.78 is 2.13. The lowest BCUT2D eigenvalue weighted by molar-refractivity contribution is -0.114. The highest BCUT2D eigenvalue weighted by Gasteiger charge is 2.13. The van der Waals surface area contributed by atoms with Gasteiger partial charge in [-0.25, -0.2) is 0 Å². The van der Waals surface area contributed by atoms with Crippen molar-refractivity contribution in [2.45, 2.75) is 13.8 Å². The molecule has 4 heteroatoms. The molecular formula is C20H17N3O. The highest BCUT2D eigenvalue weighted by molar-refractivity contribution is 6.00. The van der Waals surface area contributed by atoms with Crippen molar-refractivity contribution < 1.29 is 4.79 Å². The Morgan fingerprint density at radius 2 is 1.88 bits per heavy atom. The van der Waals surface area contributed by atoms with Crippen molar-refractivity contribution in [3.05, 3.63) is 71.1 Å². The van der Waals surface area contributed by atoms with Gasteiger partial charge in [-0.1, -0.05) is 36.4 Å². The van der Waals surface area contributed by atoms with E-state index < -0.39 is 5.91 Å². The van der Waals surface area contributed by atoms with Gasteiger partial charge in [0.25, 0.3) is 5.91 Å². The fraction of sp³-hybridized carbons (Fsp3) is 0.100. The average Bonchev–Trinajstić information content (AvgIpc) is 2.85. The largest absolute Gasteiger partial charge is 0.365 e. The van der Waals surface area contributed by atoms with Gasteiger partial charge in [-0.2, -0.15) is 5.26 Å². The van der Waals surface area contributed by atoms with Crippen LogP contribution in [0.3, 0.4) is 0 Å². The molecule has 0 saturated heterocycles. The Kier molecular flexibility index (Phi) is 3.93. The normalized spacial score (nSPS) is 11.5. The molecule has 0 spiro atoms. The fourth-order valence-electron chi connectivity index (χ4n) is 3.02. The van der Waals surface area contributed by atoms with E-state index in [4.69, 9.17) is 11.0 Å². The van der Waals surface area contributed by atoms with Gasteiger partial charge in [0.15, 0.2) is 0 Å². The van der Waals surface area contributed by atoms with Crippen LogP contribution in [0.15, 0.2) is 54.1 Å². The van der Waals surface area contributed by atoms with Crippen molar-refractivity contribution >= 4 is 22.8 Å². The lowest BCUT2D eigenvalue weighted by Gasteiger charge is -2.13. The van der Waals surface area contributed by atoms with Crippen LogP contribution in [0.25, 0.3) is 22.5 Å². The Bertz CT molecular complexity index is 1010. The van der Waals surface area contributed by atoms with Gasteiger partial charge in [-0.05, 0) is 43.0 Å². The molecule has 0 fully saturated rings. The molecule has 2 aromatic carbocycles. The number of fused-ring (bicyclic) bond motifs is 1. The van der Waals surface area contributed by atoms with E-state index in [9.17, 15) is 4.79 Å². The highest BCUT2D eigenvalue weighted by Crippen LogP contribution is 2.28. The second-order valence-electron chi connectivity index (χ2n) is 5.69. The van der Waals surface area contributed by atoms with Crippen LogP contribution in [0.4, 0.5) is 0 Å². The number of hydrogen-bond acceptors (Lipinski definition) is 2. The molecule has 3 aromatic rings. The Morgan fingerprint density at radius 1 is 1.17 bits per heavy atom. The first-order valence-corrected chi connectivity index (χ1v) is 7.61. The van der Waals surface area contributed by atoms with Crippen molar-refractivity contribution in [1.29, 1.82) is 5.26 Å². The van der Waals surface area contributed by atoms with Crippen molar-refractivity contribution in [2.24, 2.45) is 5.73 Å². The van der Waals surface area contributed by atoms with E-state index in [2.05, 4.69) is 28.8 Å². The fourth-order valence-corrected chi connectivity index (χ4v) is 3.02. The van der Waals surface area contributed by atoms with Gasteiger partial charge in [0, 0.05) is 16.8 Å². The summed E-state index contributed by atoms with van der Waals surface area (Å²) in [5.41, 5.74) is 9.06. The van der Waals surface area contributed by atoms with Crippen molar-refractivity contribution in [3.63, 3.8) is 0 Å². The lowest BCUT2D eigenvalue weighted by atomic mass is 10.1. The van der Waals surface area contributed by atoms with Crippen LogP contribution in [0.1, 0.15) is 17.0 Å². The zero-order chi connectivity index (χ0) is 17.3. The Balaban J connectivity index is 2.24. The molecule has 1 heterocycles. The summed E-state index contributed by atoms with van der Waals surface area (Å²) >= 11 is 0. The van der Waals surface area contributed by atoms with Crippen molar-refractivity contribution in [2.75, 3.05) is 0 Å². The van der Waals surface area contributed by atoms with Crippen LogP contribution in [0, 0.1) is 25.2 Å². The molecule has 0 radical (unpaired) electrons. The molecule has 0 unspecified atom stereocenters. The monoisotopic (exact) mass is 315 g/mol. The van der Waals surface area contributed by atoms with Crippen LogP contribution >= 0.6 is 0 Å². The summed E-state index contributed by atoms with van der Waals surface area (Å²) in [6.07, 6.45) is 1.55. The van der Waals surface area contributed by atoms with Gasteiger partial charge in [0.2, 0.25) is 0 Å². The van der Waals surface area contributed by atoms with Gasteiger partial charge >= 0.3 is 0 Å². The van der Waals surface area contributed by atoms with Gasteiger partial charge in [-0.3, -0.25) is 4.79 Å². The van der Waals surface area contributed by atoms with Crippen LogP contribution in [-0.2, 0) is 4.79 Å². The SMILES string of the molecule is Cc1cc(/C=C(\C#N)C(N)=O)c(C)n1-c1cccc2ccccc12. The van der Waals surface area contributed by atoms with E-state index >= 15 is 0 Å². The molecule has 0 aliphatic carbocycles. The molecule has 1 aromatic heterocycles. The number of carbonyl (C=O) groups is 1. The second kappa shape index (κ2) is 6.05. The predicted octanol–water partition coefficient (Wildman–Crippen LogP) is 3.64. The van der Waals surface area contributed by atoms with Gasteiger partial charge in [0.1, 0.15) is 11.6 Å². The molecule has 0 aliphatic rings. The van der Waals surface area contributed by atoms with E-state index in [0.29, 0.717) is 0 Å². The summed E-state index contributed by atoms with van der Waals surface area (Å²) in [7, 11) is 0. The summed E-state index contributed by atoms with van der Waals surface area (Å²) in [6, 6.07) is 18.2. The van der Waals surface area contributed by atoms with E-state index in [1.165, 1.54) is 0 Å². The lowest BCUT2D eigenvalue weighted by Crippen LogP contribution is -2.12. The van der Waals surface area contributed by atoms with Gasteiger partial charge < -0.3 is 10.3 Å². The van der Waals surface area contributed by atoms with Crippen LogP contribution in [0.2, 0.25) is 0 Å². The van der Waals surface area contributed by atoms with Gasteiger partial charge in [0.05, 0.1) is 5.69 Å². The van der Waals surface area contributed by atoms with Crippen LogP contribution in [-0.4, -0.2) is 10.5 Å². The number of nitriles is 1. The first-order valence-electron chi connectivity index (χ1n) is 7.61. The first kappa shape index (κ1) is 15.6. The molecule has 1 amide bonds. The third kappa shape index (κ3) is 2.57. The number of benzene rings is 2. The molecule has 0 bridgehead atoms. The molecule has 0 saturated carbocycles. The molecule has 4 nitrogen and oxygen atoms in total. The van der Waals surface area contributed by atoms with Crippen molar-refractivity contribution in [3.8, 4) is 11.8 Å². The molecule has 2 N–H and O–H groups in total. The zero-order valence-electron chi connectivity index (χ0n) is 13.6. The van der Waals surface area contributed by atoms with E-state index in [0.717, 1.165) is 33.4 Å². The third-order valence-electron chi connectivity index (χ3n) is 4.16. The maximum Gasteiger partial charge on any atom is 0.259 e. The van der Waals surface area contributed by atoms with E-state index in [-0.39, 0.29) is 5.57 Å². The molecule has 118 valence electrons. The number of rotatable bonds is 3. The van der Waals surface area contributed by atoms with E-state index in [1.54, 1.807) is 6.08 Å². The minimum absolute atomic E-state index is 0.0480. The maximum absolute atomic E-state index is 11.3. The third-order valence-corrected chi connectivity index (χ3v) is 4.16. The molecule has 3 rings (SSSR count). The molecule has 24 heavy (non-hydrogen) atoms. The summed E-state index contributed by atoms with van der Waals surface area (Å²) in [5, 5.41) is 11.4. The van der Waals surface area contributed by atoms with E-state index in [1.807, 2.05) is 44.2 Å². The maximum atomic E-state index is 11.3. The molecular weight excluding hydrogens is 298 g/mol. The number of aryl methyl sites for hydroxylation is 1. The number of nitrogens with zero attached hydrogens (tertiary/aromatic N) is 2. The topological polar surface area (TPSA) is 71.8 Å². The minimum Gasteiger partial charge on any atom is -0.365 e. The highest BCUT2D eigenvalue weighted by atomic mass is 16.1.